The molecule has 6 heteroatoms. The van der Waals surface area contributed by atoms with Crippen molar-refractivity contribution in [1.82, 2.24) is 0 Å². The van der Waals surface area contributed by atoms with E-state index in [4.69, 9.17) is 10.4 Å². The van der Waals surface area contributed by atoms with Gasteiger partial charge in [0.2, 0.25) is 10.0 Å². The second kappa shape index (κ2) is 3.36. The second-order valence-corrected chi connectivity index (χ2v) is 4.25. The standard InChI is InChI=1S/C8H7FN2O2S/c1-5-2-7(9)3-6(4-10)8(5)14(11,12)13/h2-3H,1H3,(H2,11,12,13). The number of hydrogen-bond donors (Lipinski definition) is 1. The first-order chi connectivity index (χ1) is 6.36. The lowest BCUT2D eigenvalue weighted by Gasteiger charge is -2.05. The Morgan fingerprint density at radius 1 is 1.50 bits per heavy atom. The van der Waals surface area contributed by atoms with Crippen molar-refractivity contribution >= 4 is 10.0 Å². The molecule has 0 aromatic heterocycles. The van der Waals surface area contributed by atoms with Crippen LogP contribution in [0.5, 0.6) is 0 Å². The van der Waals surface area contributed by atoms with Crippen LogP contribution in [0.3, 0.4) is 0 Å². The fraction of sp³-hybridized carbons (Fsp3) is 0.125. The summed E-state index contributed by atoms with van der Waals surface area (Å²) in [5, 5.41) is 13.5. The zero-order valence-electron chi connectivity index (χ0n) is 7.28. The maximum Gasteiger partial charge on any atom is 0.239 e. The van der Waals surface area contributed by atoms with Crippen LogP contribution in [0.25, 0.3) is 0 Å². The summed E-state index contributed by atoms with van der Waals surface area (Å²) in [6.07, 6.45) is 0. The zero-order chi connectivity index (χ0) is 10.9. The summed E-state index contributed by atoms with van der Waals surface area (Å²) >= 11 is 0. The van der Waals surface area contributed by atoms with E-state index in [2.05, 4.69) is 0 Å². The SMILES string of the molecule is Cc1cc(F)cc(C#N)c1S(N)(=O)=O. The van der Waals surface area contributed by atoms with E-state index in [0.29, 0.717) is 0 Å². The molecule has 0 amide bonds. The zero-order valence-corrected chi connectivity index (χ0v) is 8.10. The lowest BCUT2D eigenvalue weighted by molar-refractivity contribution is 0.595. The number of halogens is 1. The molecular weight excluding hydrogens is 207 g/mol. The van der Waals surface area contributed by atoms with Gasteiger partial charge in [-0.2, -0.15) is 5.26 Å². The number of nitrogens with zero attached hydrogens (tertiary/aromatic N) is 1. The highest BCUT2D eigenvalue weighted by atomic mass is 32.2. The Bertz CT molecular complexity index is 517. The van der Waals surface area contributed by atoms with Crippen LogP contribution in [-0.4, -0.2) is 8.42 Å². The number of nitriles is 1. The van der Waals surface area contributed by atoms with E-state index >= 15 is 0 Å². The topological polar surface area (TPSA) is 83.9 Å². The van der Waals surface area contributed by atoms with Gasteiger partial charge in [-0.05, 0) is 24.6 Å². The molecule has 0 radical (unpaired) electrons. The summed E-state index contributed by atoms with van der Waals surface area (Å²) in [7, 11) is -3.98. The van der Waals surface area contributed by atoms with Crippen molar-refractivity contribution in [2.24, 2.45) is 5.14 Å². The molecule has 0 aliphatic carbocycles. The van der Waals surface area contributed by atoms with Crippen molar-refractivity contribution in [3.05, 3.63) is 29.1 Å². The van der Waals surface area contributed by atoms with E-state index < -0.39 is 15.8 Å². The minimum Gasteiger partial charge on any atom is -0.225 e. The smallest absolute Gasteiger partial charge is 0.225 e. The molecule has 0 aliphatic heterocycles. The summed E-state index contributed by atoms with van der Waals surface area (Å²) in [5.74, 6) is -0.661. The van der Waals surface area contributed by atoms with Gasteiger partial charge in [0.1, 0.15) is 16.8 Å². The lowest BCUT2D eigenvalue weighted by atomic mass is 10.1. The van der Waals surface area contributed by atoms with Crippen LogP contribution >= 0.6 is 0 Å². The van der Waals surface area contributed by atoms with Crippen molar-refractivity contribution in [1.29, 1.82) is 5.26 Å². The Labute approximate surface area is 80.8 Å². The van der Waals surface area contributed by atoms with Crippen molar-refractivity contribution in [3.8, 4) is 6.07 Å². The highest BCUT2D eigenvalue weighted by Crippen LogP contribution is 2.19. The quantitative estimate of drug-likeness (QED) is 0.745. The molecule has 0 bridgehead atoms. The van der Waals surface area contributed by atoms with Crippen molar-refractivity contribution < 1.29 is 12.8 Å². The molecule has 1 aromatic rings. The summed E-state index contributed by atoms with van der Waals surface area (Å²) in [6.45, 7) is 1.38. The van der Waals surface area contributed by atoms with Gasteiger partial charge in [0.05, 0.1) is 5.56 Å². The number of rotatable bonds is 1. The number of aryl methyl sites for hydroxylation is 1. The highest BCUT2D eigenvalue weighted by Gasteiger charge is 2.18. The number of benzene rings is 1. The molecule has 0 atom stereocenters. The van der Waals surface area contributed by atoms with Crippen LogP contribution < -0.4 is 5.14 Å². The van der Waals surface area contributed by atoms with Gasteiger partial charge in [0, 0.05) is 0 Å². The van der Waals surface area contributed by atoms with Gasteiger partial charge < -0.3 is 0 Å². The van der Waals surface area contributed by atoms with Crippen LogP contribution in [0, 0.1) is 24.1 Å². The predicted molar refractivity (Wildman–Crippen MR) is 47.2 cm³/mol. The van der Waals surface area contributed by atoms with Crippen LogP contribution in [0.4, 0.5) is 4.39 Å². The van der Waals surface area contributed by atoms with E-state index in [0.717, 1.165) is 12.1 Å². The summed E-state index contributed by atoms with van der Waals surface area (Å²) in [5.41, 5.74) is -0.144. The van der Waals surface area contributed by atoms with Gasteiger partial charge in [0.25, 0.3) is 0 Å². The van der Waals surface area contributed by atoms with E-state index in [1.807, 2.05) is 0 Å². The first-order valence-electron chi connectivity index (χ1n) is 3.59. The molecule has 0 saturated carbocycles. The fourth-order valence-corrected chi connectivity index (χ4v) is 2.11. The normalized spacial score (nSPS) is 11.0. The third-order valence-electron chi connectivity index (χ3n) is 1.64. The van der Waals surface area contributed by atoms with Gasteiger partial charge in [-0.3, -0.25) is 0 Å². The van der Waals surface area contributed by atoms with Gasteiger partial charge in [0.15, 0.2) is 0 Å². The predicted octanol–water partition coefficient (Wildman–Crippen LogP) is 0.653. The van der Waals surface area contributed by atoms with Crippen molar-refractivity contribution in [2.75, 3.05) is 0 Å². The molecule has 0 spiro atoms. The van der Waals surface area contributed by atoms with Crippen LogP contribution in [0.2, 0.25) is 0 Å². The maximum absolute atomic E-state index is 12.8. The monoisotopic (exact) mass is 214 g/mol. The Balaban J connectivity index is 3.68. The lowest BCUT2D eigenvalue weighted by Crippen LogP contribution is -2.15. The average Bonchev–Trinajstić information content (AvgIpc) is 1.99. The largest absolute Gasteiger partial charge is 0.239 e. The maximum atomic E-state index is 12.8. The second-order valence-electron chi connectivity index (χ2n) is 2.76. The third-order valence-corrected chi connectivity index (χ3v) is 2.76. The van der Waals surface area contributed by atoms with Crippen molar-refractivity contribution in [3.63, 3.8) is 0 Å². The van der Waals surface area contributed by atoms with Crippen LogP contribution in [-0.2, 0) is 10.0 Å². The van der Waals surface area contributed by atoms with Gasteiger partial charge in [-0.1, -0.05) is 0 Å². The van der Waals surface area contributed by atoms with E-state index in [9.17, 15) is 12.8 Å². The van der Waals surface area contributed by atoms with Gasteiger partial charge >= 0.3 is 0 Å². The van der Waals surface area contributed by atoms with Gasteiger partial charge in [-0.25, -0.2) is 17.9 Å². The molecule has 1 aromatic carbocycles. The molecule has 1 rings (SSSR count). The molecule has 2 N–H and O–H groups in total. The molecular formula is C8H7FN2O2S. The summed E-state index contributed by atoms with van der Waals surface area (Å²) in [6, 6.07) is 3.44. The Morgan fingerprint density at radius 3 is 2.50 bits per heavy atom. The molecule has 0 unspecified atom stereocenters. The summed E-state index contributed by atoms with van der Waals surface area (Å²) < 4.78 is 34.9. The van der Waals surface area contributed by atoms with Crippen LogP contribution in [0.1, 0.15) is 11.1 Å². The Hall–Kier alpha value is -1.45. The average molecular weight is 214 g/mol. The first-order valence-corrected chi connectivity index (χ1v) is 5.14. The number of nitrogens with two attached hydrogens (primary N) is 1. The van der Waals surface area contributed by atoms with E-state index in [1.165, 1.54) is 6.92 Å². The molecule has 4 nitrogen and oxygen atoms in total. The summed E-state index contributed by atoms with van der Waals surface area (Å²) in [4.78, 5) is -0.318. The molecule has 14 heavy (non-hydrogen) atoms. The first kappa shape index (κ1) is 10.6. The molecule has 74 valence electrons. The number of hydrogen-bond acceptors (Lipinski definition) is 3. The van der Waals surface area contributed by atoms with E-state index in [1.54, 1.807) is 6.07 Å². The van der Waals surface area contributed by atoms with Crippen molar-refractivity contribution in [2.45, 2.75) is 11.8 Å². The van der Waals surface area contributed by atoms with E-state index in [-0.39, 0.29) is 16.0 Å². The van der Waals surface area contributed by atoms with Crippen LogP contribution in [0.15, 0.2) is 17.0 Å². The Kier molecular flexibility index (Phi) is 2.55. The number of sulfonamides is 1. The molecule has 0 saturated heterocycles. The Morgan fingerprint density at radius 2 is 2.07 bits per heavy atom. The fourth-order valence-electron chi connectivity index (χ4n) is 1.19. The minimum atomic E-state index is -3.98. The minimum absolute atomic E-state index is 0.129. The third kappa shape index (κ3) is 1.89. The molecule has 0 heterocycles. The highest BCUT2D eigenvalue weighted by molar-refractivity contribution is 7.89. The van der Waals surface area contributed by atoms with Gasteiger partial charge in [-0.15, -0.1) is 0 Å². The number of primary sulfonamides is 1. The molecule has 0 aliphatic rings. The molecule has 0 fully saturated rings.